The lowest BCUT2D eigenvalue weighted by Crippen LogP contribution is -2.44. The summed E-state index contributed by atoms with van der Waals surface area (Å²) in [6.07, 6.45) is 10.1. The molecule has 1 N–H and O–H groups in total. The Morgan fingerprint density at radius 2 is 2.12 bits per heavy atom. The summed E-state index contributed by atoms with van der Waals surface area (Å²) in [6, 6.07) is 2.15. The van der Waals surface area contributed by atoms with Gasteiger partial charge < -0.3 is 5.32 Å². The maximum Gasteiger partial charge on any atom is 0.240 e. The second-order valence-electron chi connectivity index (χ2n) is 4.54. The summed E-state index contributed by atoms with van der Waals surface area (Å²) in [4.78, 5) is 12.0. The van der Waals surface area contributed by atoms with Gasteiger partial charge in [0, 0.05) is 12.5 Å². The highest BCUT2D eigenvalue weighted by atomic mass is 16.2. The third-order valence-electron chi connectivity index (χ3n) is 3.16. The number of carbonyl (C=O) groups excluding carboxylic acids is 1. The van der Waals surface area contributed by atoms with Crippen molar-refractivity contribution >= 4 is 5.91 Å². The molecule has 16 heavy (non-hydrogen) atoms. The van der Waals surface area contributed by atoms with E-state index in [-0.39, 0.29) is 11.9 Å². The Morgan fingerprint density at radius 3 is 2.62 bits per heavy atom. The van der Waals surface area contributed by atoms with Gasteiger partial charge in [0.25, 0.3) is 0 Å². The Hall–Kier alpha value is -1.48. The van der Waals surface area contributed by atoms with Crippen molar-refractivity contribution in [3.05, 3.63) is 0 Å². The molecule has 1 aliphatic carbocycles. The molecular weight excluding hydrogens is 200 g/mol. The van der Waals surface area contributed by atoms with Gasteiger partial charge in [-0.3, -0.25) is 4.79 Å². The van der Waals surface area contributed by atoms with E-state index in [4.69, 9.17) is 6.42 Å². The van der Waals surface area contributed by atoms with Crippen LogP contribution in [0.1, 0.15) is 45.4 Å². The van der Waals surface area contributed by atoms with Crippen LogP contribution >= 0.6 is 0 Å². The quantitative estimate of drug-likeness (QED) is 0.736. The number of hydrogen-bond acceptors (Lipinski definition) is 2. The minimum Gasteiger partial charge on any atom is -0.351 e. The van der Waals surface area contributed by atoms with E-state index >= 15 is 0 Å². The molecule has 0 aromatic heterocycles. The van der Waals surface area contributed by atoms with Crippen LogP contribution in [-0.2, 0) is 4.79 Å². The van der Waals surface area contributed by atoms with Crippen molar-refractivity contribution in [2.45, 2.75) is 51.5 Å². The van der Waals surface area contributed by atoms with Crippen molar-refractivity contribution in [1.29, 1.82) is 5.26 Å². The van der Waals surface area contributed by atoms with Crippen LogP contribution in [0.25, 0.3) is 0 Å². The Morgan fingerprint density at radius 1 is 1.50 bits per heavy atom. The van der Waals surface area contributed by atoms with Crippen LogP contribution in [0, 0.1) is 29.1 Å². The standard InChI is InChI=1S/C13H18N2O/c1-3-7-11(2)15-12(16)13(10-14)8-5-4-6-9-13/h1,11H,4-9H2,2H3,(H,15,16). The van der Waals surface area contributed by atoms with Crippen molar-refractivity contribution in [1.82, 2.24) is 5.32 Å². The van der Waals surface area contributed by atoms with Crippen molar-refractivity contribution < 1.29 is 4.79 Å². The van der Waals surface area contributed by atoms with E-state index in [2.05, 4.69) is 17.3 Å². The van der Waals surface area contributed by atoms with Gasteiger partial charge in [0.05, 0.1) is 6.07 Å². The van der Waals surface area contributed by atoms with Gasteiger partial charge in [-0.1, -0.05) is 19.3 Å². The molecule has 86 valence electrons. The summed E-state index contributed by atoms with van der Waals surface area (Å²) in [5.41, 5.74) is -0.804. The van der Waals surface area contributed by atoms with Crippen LogP contribution in [0.15, 0.2) is 0 Å². The molecule has 1 unspecified atom stereocenters. The van der Waals surface area contributed by atoms with E-state index in [1.807, 2.05) is 6.92 Å². The number of nitrogens with one attached hydrogen (secondary N) is 1. The minimum absolute atomic E-state index is 0.0512. The van der Waals surface area contributed by atoms with Crippen molar-refractivity contribution in [2.24, 2.45) is 5.41 Å². The highest BCUT2D eigenvalue weighted by molar-refractivity contribution is 5.85. The summed E-state index contributed by atoms with van der Waals surface area (Å²) in [5.74, 6) is 2.37. The largest absolute Gasteiger partial charge is 0.351 e. The van der Waals surface area contributed by atoms with E-state index in [0.29, 0.717) is 19.3 Å². The lowest BCUT2D eigenvalue weighted by molar-refractivity contribution is -0.130. The predicted molar refractivity (Wildman–Crippen MR) is 62.2 cm³/mol. The molecule has 1 atom stereocenters. The van der Waals surface area contributed by atoms with E-state index in [1.165, 1.54) is 0 Å². The van der Waals surface area contributed by atoms with Crippen molar-refractivity contribution in [3.8, 4) is 18.4 Å². The summed E-state index contributed by atoms with van der Waals surface area (Å²) in [7, 11) is 0. The SMILES string of the molecule is C#CCC(C)NC(=O)C1(C#N)CCCCC1. The second kappa shape index (κ2) is 5.56. The van der Waals surface area contributed by atoms with E-state index in [1.54, 1.807) is 0 Å². The Bertz CT molecular complexity index is 329. The van der Waals surface area contributed by atoms with Crippen LogP contribution in [0.4, 0.5) is 0 Å². The predicted octanol–water partition coefficient (Wildman–Crippen LogP) is 1.99. The highest BCUT2D eigenvalue weighted by Gasteiger charge is 2.39. The molecule has 0 heterocycles. The van der Waals surface area contributed by atoms with Crippen molar-refractivity contribution in [3.63, 3.8) is 0 Å². The van der Waals surface area contributed by atoms with Gasteiger partial charge in [-0.2, -0.15) is 5.26 Å². The molecule has 0 spiro atoms. The van der Waals surface area contributed by atoms with Gasteiger partial charge in [-0.25, -0.2) is 0 Å². The van der Waals surface area contributed by atoms with Gasteiger partial charge >= 0.3 is 0 Å². The fraction of sp³-hybridized carbons (Fsp3) is 0.692. The molecule has 0 radical (unpaired) electrons. The van der Waals surface area contributed by atoms with Gasteiger partial charge in [0.2, 0.25) is 5.91 Å². The first-order valence-electron chi connectivity index (χ1n) is 5.80. The molecule has 1 amide bonds. The lowest BCUT2D eigenvalue weighted by atomic mass is 9.74. The minimum atomic E-state index is -0.804. The molecule has 0 aliphatic heterocycles. The summed E-state index contributed by atoms with van der Waals surface area (Å²) in [6.45, 7) is 1.87. The zero-order chi connectivity index (χ0) is 12.0. The number of terminal acetylenes is 1. The smallest absolute Gasteiger partial charge is 0.240 e. The molecule has 1 fully saturated rings. The molecule has 1 saturated carbocycles. The topological polar surface area (TPSA) is 52.9 Å². The first-order valence-corrected chi connectivity index (χ1v) is 5.80. The van der Waals surface area contributed by atoms with E-state index in [9.17, 15) is 10.1 Å². The zero-order valence-corrected chi connectivity index (χ0v) is 9.75. The molecule has 1 aliphatic rings. The third-order valence-corrected chi connectivity index (χ3v) is 3.16. The van der Waals surface area contributed by atoms with Crippen LogP contribution in [0.3, 0.4) is 0 Å². The molecule has 0 aromatic carbocycles. The number of hydrogen-bond donors (Lipinski definition) is 1. The van der Waals surface area contributed by atoms with Gasteiger partial charge in [0.1, 0.15) is 5.41 Å². The molecular formula is C13H18N2O. The Kier molecular flexibility index (Phi) is 4.38. The molecule has 0 bridgehead atoms. The maximum absolute atomic E-state index is 12.0. The summed E-state index contributed by atoms with van der Waals surface area (Å²) >= 11 is 0. The summed E-state index contributed by atoms with van der Waals surface area (Å²) in [5, 5.41) is 12.0. The molecule has 3 nitrogen and oxygen atoms in total. The van der Waals surface area contributed by atoms with Crippen LogP contribution in [0.2, 0.25) is 0 Å². The first kappa shape index (κ1) is 12.6. The average molecular weight is 218 g/mol. The Balaban J connectivity index is 2.63. The zero-order valence-electron chi connectivity index (χ0n) is 9.75. The van der Waals surface area contributed by atoms with Gasteiger partial charge in [0.15, 0.2) is 0 Å². The highest BCUT2D eigenvalue weighted by Crippen LogP contribution is 2.35. The third kappa shape index (κ3) is 2.76. The summed E-state index contributed by atoms with van der Waals surface area (Å²) < 4.78 is 0. The maximum atomic E-state index is 12.0. The fourth-order valence-electron chi connectivity index (χ4n) is 2.13. The fourth-order valence-corrected chi connectivity index (χ4v) is 2.13. The van der Waals surface area contributed by atoms with E-state index < -0.39 is 5.41 Å². The number of rotatable bonds is 3. The van der Waals surface area contributed by atoms with Crippen LogP contribution < -0.4 is 5.32 Å². The van der Waals surface area contributed by atoms with Gasteiger partial charge in [-0.05, 0) is 19.8 Å². The monoisotopic (exact) mass is 218 g/mol. The number of nitriles is 1. The van der Waals surface area contributed by atoms with Gasteiger partial charge in [-0.15, -0.1) is 12.3 Å². The number of nitrogens with zero attached hydrogens (tertiary/aromatic N) is 1. The lowest BCUT2D eigenvalue weighted by Gasteiger charge is -2.30. The first-order chi connectivity index (χ1) is 7.64. The van der Waals surface area contributed by atoms with Crippen LogP contribution in [0.5, 0.6) is 0 Å². The normalized spacial score (nSPS) is 20.2. The molecule has 0 aromatic rings. The average Bonchev–Trinajstić information content (AvgIpc) is 2.30. The number of amides is 1. The van der Waals surface area contributed by atoms with Crippen LogP contribution in [-0.4, -0.2) is 11.9 Å². The second-order valence-corrected chi connectivity index (χ2v) is 4.54. The molecule has 3 heteroatoms. The van der Waals surface area contributed by atoms with E-state index in [0.717, 1.165) is 19.3 Å². The van der Waals surface area contributed by atoms with Crippen molar-refractivity contribution in [2.75, 3.05) is 0 Å². The molecule has 1 rings (SSSR count). The number of carbonyl (C=O) groups is 1. The molecule has 0 saturated heterocycles. The Labute approximate surface area is 97.2 Å².